The molecule has 1 aromatic heterocycles. The Hall–Kier alpha value is -3.50. The molecule has 0 bridgehead atoms. The second kappa shape index (κ2) is 8.09. The maximum Gasteiger partial charge on any atom is 0.573 e. The Morgan fingerprint density at radius 2 is 1.73 bits per heavy atom. The van der Waals surface area contributed by atoms with Crippen LogP contribution < -0.4 is 15.6 Å². The molecule has 0 unspecified atom stereocenters. The van der Waals surface area contributed by atoms with E-state index in [4.69, 9.17) is 0 Å². The van der Waals surface area contributed by atoms with Gasteiger partial charge in [0, 0.05) is 18.0 Å². The lowest BCUT2D eigenvalue weighted by atomic mass is 10.2. The number of benzene rings is 2. The van der Waals surface area contributed by atoms with E-state index in [1.807, 2.05) is 0 Å². The van der Waals surface area contributed by atoms with Gasteiger partial charge in [0.25, 0.3) is 0 Å². The van der Waals surface area contributed by atoms with Crippen molar-refractivity contribution in [2.75, 3.05) is 5.32 Å². The smallest absolute Gasteiger partial charge is 0.406 e. The predicted molar refractivity (Wildman–Crippen MR) is 95.1 cm³/mol. The lowest BCUT2D eigenvalue weighted by molar-refractivity contribution is -0.274. The van der Waals surface area contributed by atoms with Crippen LogP contribution in [0.5, 0.6) is 5.75 Å². The summed E-state index contributed by atoms with van der Waals surface area (Å²) < 4.78 is 82.6. The average Bonchev–Trinajstić information content (AvgIpc) is 2.59. The van der Waals surface area contributed by atoms with Crippen molar-refractivity contribution in [3.8, 4) is 5.75 Å². The number of anilines is 2. The summed E-state index contributed by atoms with van der Waals surface area (Å²) in [6, 6.07) is 6.11. The van der Waals surface area contributed by atoms with Gasteiger partial charge in [-0.3, -0.25) is 4.79 Å². The van der Waals surface area contributed by atoms with Gasteiger partial charge >= 0.3 is 11.9 Å². The summed E-state index contributed by atoms with van der Waals surface area (Å²) in [6.45, 7) is 1.23. The number of aromatic nitrogens is 2. The number of ether oxygens (including phenoxy) is 1. The SMILES string of the molecule is Cc1cc(OC(F)(F)F)ccc1Nc1nc(=O)c(F)cn1Cc1cc(F)cc(F)c1. The highest BCUT2D eigenvalue weighted by Gasteiger charge is 2.31. The van der Waals surface area contributed by atoms with Gasteiger partial charge in [0.05, 0.1) is 6.54 Å². The molecule has 158 valence electrons. The first-order chi connectivity index (χ1) is 14.0. The minimum atomic E-state index is -4.86. The molecule has 0 amide bonds. The van der Waals surface area contributed by atoms with Crippen LogP contribution >= 0.6 is 0 Å². The van der Waals surface area contributed by atoms with E-state index in [1.165, 1.54) is 13.0 Å². The minimum Gasteiger partial charge on any atom is -0.406 e. The molecule has 0 aliphatic heterocycles. The van der Waals surface area contributed by atoms with Gasteiger partial charge in [-0.1, -0.05) is 0 Å². The van der Waals surface area contributed by atoms with Crippen molar-refractivity contribution < 1.29 is 31.1 Å². The summed E-state index contributed by atoms with van der Waals surface area (Å²) in [5.41, 5.74) is -0.499. The van der Waals surface area contributed by atoms with E-state index in [1.54, 1.807) is 0 Å². The summed E-state index contributed by atoms with van der Waals surface area (Å²) in [6.07, 6.45) is -4.06. The normalized spacial score (nSPS) is 11.4. The second-order valence-corrected chi connectivity index (χ2v) is 6.27. The van der Waals surface area contributed by atoms with Crippen molar-refractivity contribution in [2.45, 2.75) is 19.8 Å². The number of rotatable bonds is 5. The van der Waals surface area contributed by atoms with Crippen molar-refractivity contribution in [2.24, 2.45) is 0 Å². The molecule has 0 saturated heterocycles. The number of alkyl halides is 3. The molecule has 3 aromatic rings. The Morgan fingerprint density at radius 3 is 2.33 bits per heavy atom. The molecule has 1 N–H and O–H groups in total. The first kappa shape index (κ1) is 21.2. The van der Waals surface area contributed by atoms with Gasteiger partial charge in [0.2, 0.25) is 11.8 Å². The number of hydrogen-bond acceptors (Lipinski definition) is 4. The van der Waals surface area contributed by atoms with E-state index >= 15 is 0 Å². The Balaban J connectivity index is 1.94. The van der Waals surface area contributed by atoms with Gasteiger partial charge in [-0.15, -0.1) is 13.2 Å². The fraction of sp³-hybridized carbons (Fsp3) is 0.158. The van der Waals surface area contributed by atoms with E-state index < -0.39 is 35.1 Å². The van der Waals surface area contributed by atoms with Crippen molar-refractivity contribution in [3.63, 3.8) is 0 Å². The molecule has 0 atom stereocenters. The lowest BCUT2D eigenvalue weighted by Crippen LogP contribution is -2.20. The van der Waals surface area contributed by atoms with E-state index in [0.717, 1.165) is 35.0 Å². The van der Waals surface area contributed by atoms with E-state index in [0.29, 0.717) is 11.6 Å². The molecule has 0 aliphatic carbocycles. The number of aryl methyl sites for hydroxylation is 1. The van der Waals surface area contributed by atoms with Crippen LogP contribution in [0.15, 0.2) is 47.4 Å². The molecule has 3 rings (SSSR count). The third kappa shape index (κ3) is 5.31. The number of nitrogens with zero attached hydrogens (tertiary/aromatic N) is 2. The third-order valence-electron chi connectivity index (χ3n) is 3.91. The predicted octanol–water partition coefficient (Wildman–Crippen LogP) is 4.66. The Labute approximate surface area is 165 Å². The monoisotopic (exact) mass is 429 g/mol. The molecule has 0 saturated carbocycles. The summed E-state index contributed by atoms with van der Waals surface area (Å²) in [7, 11) is 0. The Bertz CT molecular complexity index is 1120. The van der Waals surface area contributed by atoms with E-state index in [2.05, 4.69) is 15.0 Å². The highest BCUT2D eigenvalue weighted by Crippen LogP contribution is 2.28. The largest absolute Gasteiger partial charge is 0.573 e. The zero-order valence-corrected chi connectivity index (χ0v) is 15.2. The minimum absolute atomic E-state index is 0.131. The molecule has 1 heterocycles. The zero-order chi connectivity index (χ0) is 22.1. The van der Waals surface area contributed by atoms with Crippen molar-refractivity contribution in [1.29, 1.82) is 0 Å². The molecular weight excluding hydrogens is 416 g/mol. The summed E-state index contributed by atoms with van der Waals surface area (Å²) in [5, 5.41) is 2.71. The van der Waals surface area contributed by atoms with Crippen LogP contribution in [0.4, 0.5) is 38.0 Å². The molecule has 0 spiro atoms. The third-order valence-corrected chi connectivity index (χ3v) is 3.91. The standard InChI is InChI=1S/C19H13F6N3O2/c1-10-4-14(30-19(23,24)25)2-3-16(10)26-18-27-17(29)15(22)9-28(18)8-11-5-12(20)7-13(21)6-11/h2-7,9H,8H2,1H3,(H,26,27,29). The summed E-state index contributed by atoms with van der Waals surface area (Å²) >= 11 is 0. The van der Waals surface area contributed by atoms with Gasteiger partial charge in [-0.05, 0) is 48.4 Å². The Kier molecular flexibility index (Phi) is 5.72. The maximum absolute atomic E-state index is 13.8. The quantitative estimate of drug-likeness (QED) is 0.600. The van der Waals surface area contributed by atoms with Crippen LogP contribution in [0.3, 0.4) is 0 Å². The van der Waals surface area contributed by atoms with Crippen LogP contribution in [0.1, 0.15) is 11.1 Å². The molecule has 0 aliphatic rings. The summed E-state index contributed by atoms with van der Waals surface area (Å²) in [4.78, 5) is 15.2. The molecule has 11 heteroatoms. The zero-order valence-electron chi connectivity index (χ0n) is 15.2. The number of halogens is 6. The van der Waals surface area contributed by atoms with Crippen LogP contribution in [-0.2, 0) is 6.54 Å². The summed E-state index contributed by atoms with van der Waals surface area (Å²) in [5.74, 6) is -3.51. The van der Waals surface area contributed by atoms with Gasteiger partial charge in [0.15, 0.2) is 0 Å². The van der Waals surface area contributed by atoms with Crippen LogP contribution in [0.25, 0.3) is 0 Å². The maximum atomic E-state index is 13.8. The van der Waals surface area contributed by atoms with Crippen molar-refractivity contribution >= 4 is 11.6 Å². The highest BCUT2D eigenvalue weighted by atomic mass is 19.4. The molecule has 0 radical (unpaired) electrons. The van der Waals surface area contributed by atoms with Crippen LogP contribution in [0.2, 0.25) is 0 Å². The van der Waals surface area contributed by atoms with Crippen molar-refractivity contribution in [3.05, 3.63) is 81.5 Å². The highest BCUT2D eigenvalue weighted by molar-refractivity contribution is 5.60. The lowest BCUT2D eigenvalue weighted by Gasteiger charge is -2.16. The first-order valence-electron chi connectivity index (χ1n) is 8.35. The second-order valence-electron chi connectivity index (χ2n) is 6.27. The first-order valence-corrected chi connectivity index (χ1v) is 8.35. The number of hydrogen-bond donors (Lipinski definition) is 1. The van der Waals surface area contributed by atoms with Gasteiger partial charge in [-0.25, -0.2) is 8.78 Å². The topological polar surface area (TPSA) is 56.1 Å². The fourth-order valence-electron chi connectivity index (χ4n) is 2.68. The molecule has 5 nitrogen and oxygen atoms in total. The van der Waals surface area contributed by atoms with Gasteiger partial charge in [0.1, 0.15) is 17.4 Å². The van der Waals surface area contributed by atoms with E-state index in [9.17, 15) is 31.1 Å². The molecule has 0 fully saturated rings. The molecular formula is C19H13F6N3O2. The average molecular weight is 429 g/mol. The number of nitrogens with one attached hydrogen (secondary N) is 1. The van der Waals surface area contributed by atoms with Crippen molar-refractivity contribution in [1.82, 2.24) is 9.55 Å². The van der Waals surface area contributed by atoms with Gasteiger partial charge in [-0.2, -0.15) is 9.37 Å². The fourth-order valence-corrected chi connectivity index (χ4v) is 2.68. The van der Waals surface area contributed by atoms with E-state index in [-0.39, 0.29) is 23.7 Å². The van der Waals surface area contributed by atoms with Crippen LogP contribution in [0, 0.1) is 24.4 Å². The van der Waals surface area contributed by atoms with Crippen LogP contribution in [-0.4, -0.2) is 15.9 Å². The molecule has 2 aromatic carbocycles. The van der Waals surface area contributed by atoms with Gasteiger partial charge < -0.3 is 14.6 Å². The molecule has 30 heavy (non-hydrogen) atoms. The Morgan fingerprint density at radius 1 is 1.07 bits per heavy atom.